The lowest BCUT2D eigenvalue weighted by Gasteiger charge is -1.98. The van der Waals surface area contributed by atoms with Gasteiger partial charge < -0.3 is 14.6 Å². The van der Waals surface area contributed by atoms with Crippen molar-refractivity contribution in [2.45, 2.75) is 0 Å². The predicted molar refractivity (Wildman–Crippen MR) is 79.0 cm³/mol. The van der Waals surface area contributed by atoms with Crippen LogP contribution in [0.3, 0.4) is 0 Å². The first-order valence-corrected chi connectivity index (χ1v) is 6.23. The lowest BCUT2D eigenvalue weighted by Crippen LogP contribution is -2.02. The highest BCUT2D eigenvalue weighted by molar-refractivity contribution is 5.79. The Bertz CT molecular complexity index is 879. The predicted octanol–water partition coefficient (Wildman–Crippen LogP) is 2.77. The van der Waals surface area contributed by atoms with Crippen LogP contribution in [0.5, 0.6) is 11.5 Å². The van der Waals surface area contributed by atoms with Gasteiger partial charge in [0.2, 0.25) is 5.89 Å². The molecule has 21 heavy (non-hydrogen) atoms. The van der Waals surface area contributed by atoms with E-state index in [1.807, 2.05) is 0 Å². The van der Waals surface area contributed by atoms with Crippen molar-refractivity contribution in [1.29, 1.82) is 0 Å². The molecule has 0 radical (unpaired) electrons. The van der Waals surface area contributed by atoms with Crippen molar-refractivity contribution < 1.29 is 14.6 Å². The molecule has 0 saturated carbocycles. The molecule has 1 aromatic heterocycles. The van der Waals surface area contributed by atoms with Crippen molar-refractivity contribution >= 4 is 23.1 Å². The molecule has 0 aliphatic carbocycles. The van der Waals surface area contributed by atoms with E-state index in [-0.39, 0.29) is 22.8 Å². The fourth-order valence-electron chi connectivity index (χ4n) is 1.90. The summed E-state index contributed by atoms with van der Waals surface area (Å²) in [5.41, 5.74) is 0.735. The summed E-state index contributed by atoms with van der Waals surface area (Å²) in [5.74, 6) is 0.345. The van der Waals surface area contributed by atoms with Gasteiger partial charge in [0.05, 0.1) is 10.9 Å². The average molecular weight is 281 g/mol. The SMILES string of the molecule is O=c1oc(C=Cc2ccc(O)cc2)nc2ccc(O)cc12. The number of fused-ring (bicyclic) bond motifs is 1. The van der Waals surface area contributed by atoms with E-state index < -0.39 is 5.63 Å². The summed E-state index contributed by atoms with van der Waals surface area (Å²) >= 11 is 0. The number of aromatic nitrogens is 1. The van der Waals surface area contributed by atoms with E-state index in [0.717, 1.165) is 5.56 Å². The summed E-state index contributed by atoms with van der Waals surface area (Å²) in [6.07, 6.45) is 3.29. The molecule has 0 amide bonds. The number of hydrogen-bond acceptors (Lipinski definition) is 5. The van der Waals surface area contributed by atoms with Crippen LogP contribution in [0, 0.1) is 0 Å². The smallest absolute Gasteiger partial charge is 0.347 e. The number of rotatable bonds is 2. The Morgan fingerprint density at radius 2 is 1.67 bits per heavy atom. The molecule has 0 fully saturated rings. The molecule has 0 spiro atoms. The van der Waals surface area contributed by atoms with Gasteiger partial charge in [-0.3, -0.25) is 0 Å². The molecule has 2 aromatic carbocycles. The van der Waals surface area contributed by atoms with Crippen LogP contribution in [0.15, 0.2) is 51.7 Å². The van der Waals surface area contributed by atoms with Crippen LogP contribution in [-0.4, -0.2) is 15.2 Å². The van der Waals surface area contributed by atoms with Gasteiger partial charge in [-0.05, 0) is 42.0 Å². The zero-order valence-electron chi connectivity index (χ0n) is 10.9. The van der Waals surface area contributed by atoms with Gasteiger partial charge in [-0.15, -0.1) is 0 Å². The zero-order valence-corrected chi connectivity index (χ0v) is 10.9. The van der Waals surface area contributed by atoms with Gasteiger partial charge in [0.15, 0.2) is 0 Å². The van der Waals surface area contributed by atoms with E-state index >= 15 is 0 Å². The van der Waals surface area contributed by atoms with Crippen molar-refractivity contribution in [1.82, 2.24) is 4.98 Å². The maximum absolute atomic E-state index is 11.8. The molecule has 0 aliphatic heterocycles. The second kappa shape index (κ2) is 5.13. The van der Waals surface area contributed by atoms with E-state index in [1.165, 1.54) is 12.1 Å². The van der Waals surface area contributed by atoms with Gasteiger partial charge >= 0.3 is 5.63 Å². The minimum atomic E-state index is -0.554. The Morgan fingerprint density at radius 1 is 0.952 bits per heavy atom. The van der Waals surface area contributed by atoms with Crippen LogP contribution in [0.1, 0.15) is 11.5 Å². The van der Waals surface area contributed by atoms with Crippen LogP contribution in [0.2, 0.25) is 0 Å². The summed E-state index contributed by atoms with van der Waals surface area (Å²) < 4.78 is 5.08. The fraction of sp³-hybridized carbons (Fsp3) is 0. The van der Waals surface area contributed by atoms with Crippen LogP contribution >= 0.6 is 0 Å². The molecule has 2 N–H and O–H groups in total. The second-order valence-corrected chi connectivity index (χ2v) is 4.47. The number of phenols is 2. The Morgan fingerprint density at radius 3 is 2.43 bits per heavy atom. The lowest BCUT2D eigenvalue weighted by molar-refractivity contribution is 0.472. The number of nitrogens with zero attached hydrogens (tertiary/aromatic N) is 1. The van der Waals surface area contributed by atoms with Crippen molar-refractivity contribution in [3.8, 4) is 11.5 Å². The normalized spacial score (nSPS) is 11.2. The third-order valence-electron chi connectivity index (χ3n) is 2.94. The lowest BCUT2D eigenvalue weighted by atomic mass is 10.2. The van der Waals surface area contributed by atoms with Crippen LogP contribution in [-0.2, 0) is 0 Å². The highest BCUT2D eigenvalue weighted by Gasteiger charge is 2.05. The highest BCUT2D eigenvalue weighted by Crippen LogP contribution is 2.17. The van der Waals surface area contributed by atoms with E-state index in [4.69, 9.17) is 4.42 Å². The number of aromatic hydroxyl groups is 2. The van der Waals surface area contributed by atoms with Crippen molar-refractivity contribution in [3.63, 3.8) is 0 Å². The molecule has 3 rings (SSSR count). The Balaban J connectivity index is 1.99. The van der Waals surface area contributed by atoms with E-state index in [1.54, 1.807) is 42.5 Å². The van der Waals surface area contributed by atoms with E-state index in [2.05, 4.69) is 4.98 Å². The quantitative estimate of drug-likeness (QED) is 0.754. The van der Waals surface area contributed by atoms with Gasteiger partial charge in [-0.1, -0.05) is 12.1 Å². The standard InChI is InChI=1S/C16H11NO4/c18-11-4-1-10(2-5-11)3-8-15-17-14-7-6-12(19)9-13(14)16(20)21-15/h1-9,18-19H. The highest BCUT2D eigenvalue weighted by atomic mass is 16.4. The van der Waals surface area contributed by atoms with Gasteiger partial charge in [0.1, 0.15) is 11.5 Å². The van der Waals surface area contributed by atoms with Gasteiger partial charge in [0.25, 0.3) is 0 Å². The molecule has 104 valence electrons. The van der Waals surface area contributed by atoms with Crippen LogP contribution in [0.4, 0.5) is 0 Å². The molecule has 1 heterocycles. The molecule has 0 bridgehead atoms. The molecule has 0 unspecified atom stereocenters. The minimum Gasteiger partial charge on any atom is -0.508 e. The third kappa shape index (κ3) is 2.76. The zero-order chi connectivity index (χ0) is 14.8. The molecule has 0 aliphatic rings. The first kappa shape index (κ1) is 12.9. The number of phenolic OH excluding ortho intramolecular Hbond substituents is 2. The van der Waals surface area contributed by atoms with Gasteiger partial charge in [0, 0.05) is 6.08 Å². The maximum atomic E-state index is 11.8. The Hall–Kier alpha value is -3.08. The van der Waals surface area contributed by atoms with Crippen LogP contribution in [0.25, 0.3) is 23.1 Å². The number of hydrogen-bond donors (Lipinski definition) is 2. The second-order valence-electron chi connectivity index (χ2n) is 4.47. The average Bonchev–Trinajstić information content (AvgIpc) is 2.47. The number of benzene rings is 2. The largest absolute Gasteiger partial charge is 0.508 e. The summed E-state index contributed by atoms with van der Waals surface area (Å²) in [6.45, 7) is 0. The van der Waals surface area contributed by atoms with Gasteiger partial charge in [-0.2, -0.15) is 0 Å². The summed E-state index contributed by atoms with van der Waals surface area (Å²) in [7, 11) is 0. The van der Waals surface area contributed by atoms with Crippen molar-refractivity contribution in [2.24, 2.45) is 0 Å². The molecule has 5 heteroatoms. The first-order chi connectivity index (χ1) is 10.1. The third-order valence-corrected chi connectivity index (χ3v) is 2.94. The Kier molecular flexibility index (Phi) is 3.16. The first-order valence-electron chi connectivity index (χ1n) is 6.23. The van der Waals surface area contributed by atoms with Gasteiger partial charge in [-0.25, -0.2) is 9.78 Å². The Labute approximate surface area is 119 Å². The van der Waals surface area contributed by atoms with Crippen LogP contribution < -0.4 is 5.63 Å². The summed E-state index contributed by atoms with van der Waals surface area (Å²) in [4.78, 5) is 16.0. The van der Waals surface area contributed by atoms with E-state index in [9.17, 15) is 15.0 Å². The molecule has 3 aromatic rings. The monoisotopic (exact) mass is 281 g/mol. The molecule has 0 saturated heterocycles. The maximum Gasteiger partial charge on any atom is 0.347 e. The molecular formula is C16H11NO4. The van der Waals surface area contributed by atoms with E-state index in [0.29, 0.717) is 5.52 Å². The molecular weight excluding hydrogens is 270 g/mol. The minimum absolute atomic E-state index is 0.0102. The topological polar surface area (TPSA) is 83.6 Å². The summed E-state index contributed by atoms with van der Waals surface area (Å²) in [5, 5.41) is 18.8. The van der Waals surface area contributed by atoms with Crippen molar-refractivity contribution in [3.05, 3.63) is 64.3 Å². The molecule has 5 nitrogen and oxygen atoms in total. The fourth-order valence-corrected chi connectivity index (χ4v) is 1.90. The molecule has 0 atom stereocenters. The summed E-state index contributed by atoms with van der Waals surface area (Å²) in [6, 6.07) is 10.9. The van der Waals surface area contributed by atoms with Crippen molar-refractivity contribution in [2.75, 3.05) is 0 Å².